The molecule has 0 heterocycles. The molecule has 0 radical (unpaired) electrons. The quantitative estimate of drug-likeness (QED) is 0.604. The number of fused-ring (bicyclic) bond motifs is 1. The molecule has 2 aromatic rings. The maximum atomic E-state index is 2.31. The van der Waals surface area contributed by atoms with E-state index in [0.717, 1.165) is 0 Å². The minimum Gasteiger partial charge on any atom is -0.0683 e. The molecule has 0 fully saturated rings. The number of benzene rings is 2. The maximum absolute atomic E-state index is 2.31. The van der Waals surface area contributed by atoms with Crippen LogP contribution < -0.4 is 0 Å². The van der Waals surface area contributed by atoms with E-state index in [-0.39, 0.29) is 0 Å². The first-order chi connectivity index (χ1) is 7.68. The number of aryl methyl sites for hydroxylation is 1. The zero-order chi connectivity index (χ0) is 12.1. The van der Waals surface area contributed by atoms with Crippen molar-refractivity contribution >= 4 is 10.8 Å². The fraction of sp³-hybridized carbons (Fsp3) is 0.375. The molecule has 0 aliphatic heterocycles. The molecule has 0 aromatic heterocycles. The lowest BCUT2D eigenvalue weighted by molar-refractivity contribution is 0.868. The van der Waals surface area contributed by atoms with Crippen molar-refractivity contribution in [2.75, 3.05) is 0 Å². The van der Waals surface area contributed by atoms with Crippen molar-refractivity contribution in [2.24, 2.45) is 0 Å². The van der Waals surface area contributed by atoms with Crippen LogP contribution in [0.3, 0.4) is 0 Å². The Bertz CT molecular complexity index is 453. The summed E-state index contributed by atoms with van der Waals surface area (Å²) in [6.45, 7) is 10.6. The second kappa shape index (κ2) is 5.69. The summed E-state index contributed by atoms with van der Waals surface area (Å²) in [6, 6.07) is 13.2. The Balaban J connectivity index is 0.000000606. The highest BCUT2D eigenvalue weighted by molar-refractivity contribution is 5.86. The van der Waals surface area contributed by atoms with E-state index < -0.39 is 0 Å². The van der Waals surface area contributed by atoms with Gasteiger partial charge >= 0.3 is 0 Å². The van der Waals surface area contributed by atoms with Gasteiger partial charge in [-0.2, -0.15) is 0 Å². The van der Waals surface area contributed by atoms with Gasteiger partial charge in [-0.05, 0) is 34.7 Å². The molecule has 0 unspecified atom stereocenters. The molecule has 0 saturated carbocycles. The fourth-order valence-electron chi connectivity index (χ4n) is 1.81. The normalized spacial score (nSPS) is 10.1. The summed E-state index contributed by atoms with van der Waals surface area (Å²) < 4.78 is 0. The van der Waals surface area contributed by atoms with Crippen LogP contribution in [0.2, 0.25) is 0 Å². The molecule has 86 valence electrons. The van der Waals surface area contributed by atoms with E-state index >= 15 is 0 Å². The number of rotatable bonds is 1. The SMILES string of the molecule is CC.Cc1cccc2ccc(C(C)C)cc12. The van der Waals surface area contributed by atoms with Crippen LogP contribution in [0.1, 0.15) is 44.7 Å². The second-order valence-corrected chi connectivity index (χ2v) is 4.21. The molecule has 0 amide bonds. The van der Waals surface area contributed by atoms with Gasteiger partial charge in [0.1, 0.15) is 0 Å². The second-order valence-electron chi connectivity index (χ2n) is 4.21. The van der Waals surface area contributed by atoms with Crippen LogP contribution >= 0.6 is 0 Å². The molecule has 2 aromatic carbocycles. The van der Waals surface area contributed by atoms with Crippen LogP contribution in [0, 0.1) is 6.92 Å². The predicted molar refractivity (Wildman–Crippen MR) is 74.1 cm³/mol. The van der Waals surface area contributed by atoms with E-state index in [1.54, 1.807) is 0 Å². The van der Waals surface area contributed by atoms with Gasteiger partial charge in [0.05, 0.1) is 0 Å². The van der Waals surface area contributed by atoms with Crippen LogP contribution in [0.25, 0.3) is 10.8 Å². The molecule has 2 rings (SSSR count). The molecule has 16 heavy (non-hydrogen) atoms. The summed E-state index contributed by atoms with van der Waals surface area (Å²) in [5.41, 5.74) is 2.79. The minimum atomic E-state index is 0.610. The number of hydrogen-bond acceptors (Lipinski definition) is 0. The summed E-state index contributed by atoms with van der Waals surface area (Å²) in [5, 5.41) is 2.73. The van der Waals surface area contributed by atoms with Crippen LogP contribution in [0.15, 0.2) is 36.4 Å². The molecule has 0 bridgehead atoms. The van der Waals surface area contributed by atoms with Crippen LogP contribution in [0.5, 0.6) is 0 Å². The third-order valence-corrected chi connectivity index (χ3v) is 2.79. The standard InChI is InChI=1S/C14H16.C2H6/c1-10(2)13-8-7-12-6-4-5-11(3)14(12)9-13;1-2/h4-10H,1-3H3;1-2H3. The molecular formula is C16H22. The highest BCUT2D eigenvalue weighted by Crippen LogP contribution is 2.23. The van der Waals surface area contributed by atoms with Gasteiger partial charge < -0.3 is 0 Å². The van der Waals surface area contributed by atoms with E-state index in [2.05, 4.69) is 57.2 Å². The zero-order valence-corrected chi connectivity index (χ0v) is 11.0. The third-order valence-electron chi connectivity index (χ3n) is 2.79. The lowest BCUT2D eigenvalue weighted by Crippen LogP contribution is -1.87. The fourth-order valence-corrected chi connectivity index (χ4v) is 1.81. The average molecular weight is 214 g/mol. The van der Waals surface area contributed by atoms with E-state index in [9.17, 15) is 0 Å². The van der Waals surface area contributed by atoms with Gasteiger partial charge in [0.25, 0.3) is 0 Å². The molecule has 0 aliphatic carbocycles. The van der Waals surface area contributed by atoms with Gasteiger partial charge in [0.2, 0.25) is 0 Å². The van der Waals surface area contributed by atoms with E-state index in [1.165, 1.54) is 21.9 Å². The largest absolute Gasteiger partial charge is 0.0683 e. The highest BCUT2D eigenvalue weighted by Gasteiger charge is 2.01. The van der Waals surface area contributed by atoms with Crippen molar-refractivity contribution in [1.29, 1.82) is 0 Å². The molecule has 0 aliphatic rings. The number of hydrogen-bond donors (Lipinski definition) is 0. The molecule has 0 N–H and O–H groups in total. The van der Waals surface area contributed by atoms with Gasteiger partial charge in [-0.25, -0.2) is 0 Å². The third kappa shape index (κ3) is 2.63. The van der Waals surface area contributed by atoms with E-state index in [1.807, 2.05) is 13.8 Å². The lowest BCUT2D eigenvalue weighted by Gasteiger charge is -2.08. The van der Waals surface area contributed by atoms with Crippen molar-refractivity contribution in [3.8, 4) is 0 Å². The van der Waals surface area contributed by atoms with Gasteiger partial charge in [0.15, 0.2) is 0 Å². The molecular weight excluding hydrogens is 192 g/mol. The Kier molecular flexibility index (Phi) is 4.54. The van der Waals surface area contributed by atoms with Crippen LogP contribution in [0.4, 0.5) is 0 Å². The Hall–Kier alpha value is -1.30. The van der Waals surface area contributed by atoms with Crippen LogP contribution in [-0.2, 0) is 0 Å². The van der Waals surface area contributed by atoms with Crippen molar-refractivity contribution in [1.82, 2.24) is 0 Å². The zero-order valence-electron chi connectivity index (χ0n) is 11.0. The van der Waals surface area contributed by atoms with Gasteiger partial charge in [-0.3, -0.25) is 0 Å². The topological polar surface area (TPSA) is 0 Å². The van der Waals surface area contributed by atoms with Crippen molar-refractivity contribution < 1.29 is 0 Å². The van der Waals surface area contributed by atoms with Crippen molar-refractivity contribution in [3.05, 3.63) is 47.5 Å². The van der Waals surface area contributed by atoms with Gasteiger partial charge in [-0.15, -0.1) is 0 Å². The maximum Gasteiger partial charge on any atom is -0.0152 e. The monoisotopic (exact) mass is 214 g/mol. The van der Waals surface area contributed by atoms with Gasteiger partial charge in [0, 0.05) is 0 Å². The van der Waals surface area contributed by atoms with Crippen LogP contribution in [-0.4, -0.2) is 0 Å². The first kappa shape index (κ1) is 12.8. The Labute approximate surface area is 99.3 Å². The Morgan fingerprint density at radius 2 is 1.62 bits per heavy atom. The average Bonchev–Trinajstić information content (AvgIpc) is 2.32. The van der Waals surface area contributed by atoms with E-state index in [0.29, 0.717) is 5.92 Å². The molecule has 0 nitrogen and oxygen atoms in total. The lowest BCUT2D eigenvalue weighted by atomic mass is 9.97. The minimum absolute atomic E-state index is 0.610. The van der Waals surface area contributed by atoms with E-state index in [4.69, 9.17) is 0 Å². The summed E-state index contributed by atoms with van der Waals surface area (Å²) in [5.74, 6) is 0.610. The Morgan fingerprint density at radius 1 is 0.938 bits per heavy atom. The van der Waals surface area contributed by atoms with Gasteiger partial charge in [-0.1, -0.05) is 64.1 Å². The molecule has 0 spiro atoms. The predicted octanol–water partition coefficient (Wildman–Crippen LogP) is 5.30. The Morgan fingerprint density at radius 3 is 2.25 bits per heavy atom. The summed E-state index contributed by atoms with van der Waals surface area (Å²) in [7, 11) is 0. The van der Waals surface area contributed by atoms with Crippen molar-refractivity contribution in [2.45, 2.75) is 40.5 Å². The summed E-state index contributed by atoms with van der Waals surface area (Å²) >= 11 is 0. The smallest absolute Gasteiger partial charge is 0.0152 e. The summed E-state index contributed by atoms with van der Waals surface area (Å²) in [4.78, 5) is 0. The van der Waals surface area contributed by atoms with Crippen molar-refractivity contribution in [3.63, 3.8) is 0 Å². The molecule has 0 heteroatoms. The molecule has 0 saturated heterocycles. The molecule has 0 atom stereocenters. The summed E-state index contributed by atoms with van der Waals surface area (Å²) in [6.07, 6.45) is 0. The first-order valence-electron chi connectivity index (χ1n) is 6.18. The highest BCUT2D eigenvalue weighted by atomic mass is 14.1. The first-order valence-corrected chi connectivity index (χ1v) is 6.18.